The standard InChI is InChI=1S/C20H13PS2/c22-21(14-8-2-1-3-9-14)17-12-6-4-10-15(17)20-19(21)16-11-5-7-13-18(16)23-20/h1-13H. The Morgan fingerprint density at radius 3 is 2.30 bits per heavy atom. The van der Waals surface area contributed by atoms with Gasteiger partial charge in [-0.2, -0.15) is 0 Å². The Morgan fingerprint density at radius 1 is 0.739 bits per heavy atom. The van der Waals surface area contributed by atoms with Crippen LogP contribution in [0.4, 0.5) is 0 Å². The van der Waals surface area contributed by atoms with Gasteiger partial charge in [0.15, 0.2) is 0 Å². The SMILES string of the molecule is S=P1(c2ccccc2)c2ccccc2-c2sc3ccccc3c21. The summed E-state index contributed by atoms with van der Waals surface area (Å²) in [6.45, 7) is 0. The van der Waals surface area contributed by atoms with Gasteiger partial charge in [-0.15, -0.1) is 11.3 Å². The number of hydrogen-bond acceptors (Lipinski definition) is 2. The Hall–Kier alpha value is -1.73. The summed E-state index contributed by atoms with van der Waals surface area (Å²) in [7, 11) is 0. The summed E-state index contributed by atoms with van der Waals surface area (Å²) in [6.07, 6.45) is 0. The van der Waals surface area contributed by atoms with E-state index in [4.69, 9.17) is 11.8 Å². The van der Waals surface area contributed by atoms with Crippen LogP contribution in [0.1, 0.15) is 0 Å². The molecule has 0 N–H and O–H groups in total. The quantitative estimate of drug-likeness (QED) is 0.398. The molecule has 1 atom stereocenters. The second-order valence-corrected chi connectivity index (χ2v) is 11.1. The molecule has 0 spiro atoms. The van der Waals surface area contributed by atoms with E-state index < -0.39 is 6.04 Å². The lowest BCUT2D eigenvalue weighted by atomic mass is 10.2. The minimum Gasteiger partial charge on any atom is -0.134 e. The highest BCUT2D eigenvalue weighted by molar-refractivity contribution is 8.26. The van der Waals surface area contributed by atoms with Crippen molar-refractivity contribution < 1.29 is 0 Å². The zero-order valence-electron chi connectivity index (χ0n) is 12.3. The lowest BCUT2D eigenvalue weighted by molar-refractivity contribution is 1.76. The first-order valence-electron chi connectivity index (χ1n) is 7.58. The molecule has 1 aromatic heterocycles. The fraction of sp³-hybridized carbons (Fsp3) is 0. The highest BCUT2D eigenvalue weighted by atomic mass is 32.4. The van der Waals surface area contributed by atoms with Crippen LogP contribution < -0.4 is 15.9 Å². The van der Waals surface area contributed by atoms with Crippen LogP contribution in [-0.2, 0) is 11.8 Å². The van der Waals surface area contributed by atoms with Crippen molar-refractivity contribution in [1.82, 2.24) is 0 Å². The smallest absolute Gasteiger partial charge is 0.0453 e. The molecule has 3 aromatic carbocycles. The van der Waals surface area contributed by atoms with Crippen LogP contribution in [0.5, 0.6) is 0 Å². The largest absolute Gasteiger partial charge is 0.134 e. The van der Waals surface area contributed by atoms with Crippen LogP contribution in [0, 0.1) is 0 Å². The first kappa shape index (κ1) is 13.7. The third kappa shape index (κ3) is 1.74. The van der Waals surface area contributed by atoms with E-state index in [2.05, 4.69) is 78.9 Å². The molecule has 0 saturated carbocycles. The molecule has 4 aromatic rings. The van der Waals surface area contributed by atoms with Crippen LogP contribution in [0.25, 0.3) is 20.5 Å². The molecular weight excluding hydrogens is 335 g/mol. The van der Waals surface area contributed by atoms with E-state index in [0.717, 1.165) is 0 Å². The molecule has 23 heavy (non-hydrogen) atoms. The summed E-state index contributed by atoms with van der Waals surface area (Å²) in [5.74, 6) is 0. The van der Waals surface area contributed by atoms with Crippen LogP contribution in [0.3, 0.4) is 0 Å². The Morgan fingerprint density at radius 2 is 1.43 bits per heavy atom. The summed E-state index contributed by atoms with van der Waals surface area (Å²) < 4.78 is 1.34. The van der Waals surface area contributed by atoms with Crippen molar-refractivity contribution in [3.63, 3.8) is 0 Å². The van der Waals surface area contributed by atoms with Gasteiger partial charge in [-0.25, -0.2) is 0 Å². The van der Waals surface area contributed by atoms with Gasteiger partial charge in [0.2, 0.25) is 0 Å². The Labute approximate surface area is 144 Å². The van der Waals surface area contributed by atoms with Gasteiger partial charge in [-0.3, -0.25) is 0 Å². The lowest BCUT2D eigenvalue weighted by Crippen LogP contribution is -2.20. The van der Waals surface area contributed by atoms with E-state index in [-0.39, 0.29) is 0 Å². The number of benzene rings is 3. The normalized spacial score (nSPS) is 18.8. The van der Waals surface area contributed by atoms with Gasteiger partial charge in [0.1, 0.15) is 0 Å². The van der Waals surface area contributed by atoms with E-state index in [0.29, 0.717) is 0 Å². The van der Waals surface area contributed by atoms with Crippen LogP contribution in [0.15, 0.2) is 78.9 Å². The molecule has 0 nitrogen and oxygen atoms in total. The maximum absolute atomic E-state index is 6.44. The molecule has 0 bridgehead atoms. The molecule has 110 valence electrons. The van der Waals surface area contributed by atoms with E-state index in [1.165, 1.54) is 36.4 Å². The number of fused-ring (bicyclic) bond motifs is 5. The molecule has 1 aliphatic heterocycles. The van der Waals surface area contributed by atoms with Gasteiger partial charge >= 0.3 is 0 Å². The number of hydrogen-bond donors (Lipinski definition) is 0. The maximum Gasteiger partial charge on any atom is 0.0453 e. The average Bonchev–Trinajstić information content (AvgIpc) is 3.12. The van der Waals surface area contributed by atoms with E-state index in [9.17, 15) is 0 Å². The van der Waals surface area contributed by atoms with Crippen molar-refractivity contribution >= 4 is 55.2 Å². The predicted molar refractivity (Wildman–Crippen MR) is 107 cm³/mol. The van der Waals surface area contributed by atoms with Crippen LogP contribution in [-0.4, -0.2) is 0 Å². The third-order valence-electron chi connectivity index (χ3n) is 4.49. The predicted octanol–water partition coefficient (Wildman–Crippen LogP) is 4.64. The molecule has 1 aliphatic rings. The number of thiophene rings is 1. The summed E-state index contributed by atoms with van der Waals surface area (Å²) >= 11 is 8.33. The summed E-state index contributed by atoms with van der Waals surface area (Å²) in [5.41, 5.74) is 1.34. The Kier molecular flexibility index (Phi) is 2.90. The van der Waals surface area contributed by atoms with Crippen molar-refractivity contribution in [3.05, 3.63) is 78.9 Å². The second kappa shape index (κ2) is 4.88. The fourth-order valence-corrected chi connectivity index (χ4v) is 10.1. The minimum absolute atomic E-state index is 1.30. The first-order valence-corrected chi connectivity index (χ1v) is 11.2. The molecule has 1 unspecified atom stereocenters. The van der Waals surface area contributed by atoms with Crippen LogP contribution >= 0.6 is 17.4 Å². The summed E-state index contributed by atoms with van der Waals surface area (Å²) in [4.78, 5) is 1.38. The van der Waals surface area contributed by atoms with E-state index in [1.807, 2.05) is 11.3 Å². The Balaban J connectivity index is 1.99. The topological polar surface area (TPSA) is 0 Å². The van der Waals surface area contributed by atoms with Gasteiger partial charge in [0.05, 0.1) is 0 Å². The molecule has 2 heterocycles. The summed E-state index contributed by atoms with van der Waals surface area (Å²) in [6, 6.07) is 26.2. The zero-order chi connectivity index (χ0) is 15.4. The van der Waals surface area contributed by atoms with Crippen molar-refractivity contribution in [2.45, 2.75) is 0 Å². The van der Waals surface area contributed by atoms with Gasteiger partial charge in [-0.05, 0) is 11.4 Å². The van der Waals surface area contributed by atoms with Crippen molar-refractivity contribution in [2.75, 3.05) is 0 Å². The molecule has 0 saturated heterocycles. The Bertz CT molecular complexity index is 1090. The molecule has 0 fully saturated rings. The van der Waals surface area contributed by atoms with E-state index >= 15 is 0 Å². The minimum atomic E-state index is -1.96. The first-order chi connectivity index (χ1) is 11.3. The monoisotopic (exact) mass is 348 g/mol. The maximum atomic E-state index is 6.44. The van der Waals surface area contributed by atoms with Crippen molar-refractivity contribution in [3.8, 4) is 10.4 Å². The van der Waals surface area contributed by atoms with Gasteiger partial charge < -0.3 is 0 Å². The van der Waals surface area contributed by atoms with Gasteiger partial charge in [0, 0.05) is 37.2 Å². The van der Waals surface area contributed by atoms with Gasteiger partial charge in [-0.1, -0.05) is 84.6 Å². The average molecular weight is 348 g/mol. The molecule has 0 amide bonds. The molecule has 0 radical (unpaired) electrons. The molecule has 5 rings (SSSR count). The lowest BCUT2D eigenvalue weighted by Gasteiger charge is -2.19. The van der Waals surface area contributed by atoms with Crippen molar-refractivity contribution in [1.29, 1.82) is 0 Å². The molecular formula is C20H13PS2. The molecule has 3 heteroatoms. The fourth-order valence-electron chi connectivity index (χ4n) is 3.49. The molecule has 0 aliphatic carbocycles. The van der Waals surface area contributed by atoms with Crippen molar-refractivity contribution in [2.24, 2.45) is 0 Å². The summed E-state index contributed by atoms with van der Waals surface area (Å²) in [5, 5.41) is 5.40. The third-order valence-corrected chi connectivity index (χ3v) is 10.8. The van der Waals surface area contributed by atoms with E-state index in [1.54, 1.807) is 0 Å². The van der Waals surface area contributed by atoms with Crippen LogP contribution in [0.2, 0.25) is 0 Å². The highest BCUT2D eigenvalue weighted by Gasteiger charge is 2.38. The zero-order valence-corrected chi connectivity index (χ0v) is 14.8. The van der Waals surface area contributed by atoms with Gasteiger partial charge in [0.25, 0.3) is 0 Å². The highest BCUT2D eigenvalue weighted by Crippen LogP contribution is 2.56. The number of rotatable bonds is 1. The second-order valence-electron chi connectivity index (χ2n) is 5.74.